The molecule has 1 aliphatic rings. The molecule has 5 heteroatoms. The lowest BCUT2D eigenvalue weighted by atomic mass is 9.96. The van der Waals surface area contributed by atoms with E-state index in [1.165, 1.54) is 0 Å². The molecule has 0 radical (unpaired) electrons. The van der Waals surface area contributed by atoms with Crippen molar-refractivity contribution in [1.29, 1.82) is 0 Å². The summed E-state index contributed by atoms with van der Waals surface area (Å²) in [7, 11) is -3.47. The van der Waals surface area contributed by atoms with Crippen LogP contribution in [0.1, 0.15) is 28.0 Å². The third-order valence-corrected chi connectivity index (χ3v) is 5.91. The molecular formula is C15H15NO3S. The van der Waals surface area contributed by atoms with Gasteiger partial charge in [-0.3, -0.25) is 4.79 Å². The van der Waals surface area contributed by atoms with Gasteiger partial charge in [0, 0.05) is 30.3 Å². The summed E-state index contributed by atoms with van der Waals surface area (Å²) in [5, 5.41) is -0.677. The van der Waals surface area contributed by atoms with E-state index >= 15 is 0 Å². The van der Waals surface area contributed by atoms with Gasteiger partial charge in [0.05, 0.1) is 10.1 Å². The molecule has 1 heterocycles. The molecule has 104 valence electrons. The van der Waals surface area contributed by atoms with Gasteiger partial charge in [0.2, 0.25) is 0 Å². The Morgan fingerprint density at radius 2 is 1.80 bits per heavy atom. The van der Waals surface area contributed by atoms with Crippen molar-refractivity contribution in [3.8, 4) is 0 Å². The van der Waals surface area contributed by atoms with Crippen molar-refractivity contribution in [2.24, 2.45) is 0 Å². The summed E-state index contributed by atoms with van der Waals surface area (Å²) in [5.41, 5.74) is 2.36. The van der Waals surface area contributed by atoms with E-state index in [0.29, 0.717) is 12.0 Å². The molecule has 3 rings (SSSR count). The van der Waals surface area contributed by atoms with Crippen LogP contribution in [-0.2, 0) is 16.3 Å². The normalized spacial score (nSPS) is 18.9. The van der Waals surface area contributed by atoms with Gasteiger partial charge in [0.25, 0.3) is 0 Å². The zero-order valence-corrected chi connectivity index (χ0v) is 11.9. The van der Waals surface area contributed by atoms with Gasteiger partial charge in [0.1, 0.15) is 0 Å². The number of aromatic nitrogens is 1. The van der Waals surface area contributed by atoms with Gasteiger partial charge in [-0.2, -0.15) is 0 Å². The number of carbonyl (C=O) groups is 1. The van der Waals surface area contributed by atoms with Gasteiger partial charge in [-0.05, 0) is 25.1 Å². The highest BCUT2D eigenvalue weighted by atomic mass is 32.2. The maximum atomic E-state index is 12.6. The van der Waals surface area contributed by atoms with Crippen molar-refractivity contribution in [2.45, 2.75) is 29.9 Å². The molecule has 0 spiro atoms. The Labute approximate surface area is 117 Å². The summed E-state index contributed by atoms with van der Waals surface area (Å²) >= 11 is 0. The number of hydrogen-bond donors (Lipinski definition) is 1. The maximum absolute atomic E-state index is 12.6. The molecule has 1 N–H and O–H groups in total. The molecule has 2 aromatic rings. The molecule has 1 unspecified atom stereocenters. The molecule has 0 saturated heterocycles. The van der Waals surface area contributed by atoms with E-state index in [4.69, 9.17) is 0 Å². The van der Waals surface area contributed by atoms with Crippen LogP contribution in [0.5, 0.6) is 0 Å². The lowest BCUT2D eigenvalue weighted by Crippen LogP contribution is -2.31. The summed E-state index contributed by atoms with van der Waals surface area (Å²) in [4.78, 5) is 15.3. The summed E-state index contributed by atoms with van der Waals surface area (Å²) in [5.74, 6) is -0.104. The second-order valence-electron chi connectivity index (χ2n) is 5.18. The van der Waals surface area contributed by atoms with E-state index < -0.39 is 15.1 Å². The smallest absolute Gasteiger partial charge is 0.182 e. The van der Waals surface area contributed by atoms with E-state index in [2.05, 4.69) is 4.98 Å². The van der Waals surface area contributed by atoms with Crippen LogP contribution in [-0.4, -0.2) is 24.4 Å². The minimum atomic E-state index is -3.47. The Bertz CT molecular complexity index is 757. The first-order valence-electron chi connectivity index (χ1n) is 6.48. The van der Waals surface area contributed by atoms with Crippen molar-refractivity contribution >= 4 is 15.6 Å². The first kappa shape index (κ1) is 13.1. The molecular weight excluding hydrogens is 274 g/mol. The highest BCUT2D eigenvalue weighted by Gasteiger charge is 2.35. The van der Waals surface area contributed by atoms with E-state index in [-0.39, 0.29) is 17.1 Å². The first-order valence-corrected chi connectivity index (χ1v) is 8.03. The number of aromatic amines is 1. The van der Waals surface area contributed by atoms with Crippen molar-refractivity contribution in [3.63, 3.8) is 0 Å². The molecule has 1 aromatic heterocycles. The van der Waals surface area contributed by atoms with Crippen LogP contribution in [0, 0.1) is 6.92 Å². The largest absolute Gasteiger partial charge is 0.364 e. The maximum Gasteiger partial charge on any atom is 0.182 e. The SMILES string of the molecule is Cc1ccc(S(=O)(=O)C2CC(=O)c3cc[nH]c3C2)cc1. The van der Waals surface area contributed by atoms with Crippen LogP contribution in [0.3, 0.4) is 0 Å². The van der Waals surface area contributed by atoms with E-state index in [1.807, 2.05) is 6.92 Å². The Hall–Kier alpha value is -1.88. The summed E-state index contributed by atoms with van der Waals surface area (Å²) in [6.07, 6.45) is 2.11. The fourth-order valence-corrected chi connectivity index (χ4v) is 4.25. The van der Waals surface area contributed by atoms with Gasteiger partial charge >= 0.3 is 0 Å². The summed E-state index contributed by atoms with van der Waals surface area (Å²) in [6.45, 7) is 1.91. The Morgan fingerprint density at radius 3 is 2.50 bits per heavy atom. The Kier molecular flexibility index (Phi) is 3.01. The van der Waals surface area contributed by atoms with Gasteiger partial charge in [-0.25, -0.2) is 8.42 Å². The molecule has 4 nitrogen and oxygen atoms in total. The number of carbonyl (C=O) groups excluding carboxylic acids is 1. The number of rotatable bonds is 2. The highest BCUT2D eigenvalue weighted by molar-refractivity contribution is 7.92. The quantitative estimate of drug-likeness (QED) is 0.922. The van der Waals surface area contributed by atoms with Crippen molar-refractivity contribution in [3.05, 3.63) is 53.3 Å². The molecule has 0 amide bonds. The zero-order valence-electron chi connectivity index (χ0n) is 11.1. The van der Waals surface area contributed by atoms with Gasteiger partial charge in [0.15, 0.2) is 15.6 Å². The zero-order chi connectivity index (χ0) is 14.3. The lowest BCUT2D eigenvalue weighted by Gasteiger charge is -2.21. The number of nitrogens with one attached hydrogen (secondary N) is 1. The summed E-state index contributed by atoms with van der Waals surface area (Å²) < 4.78 is 25.2. The second-order valence-corrected chi connectivity index (χ2v) is 7.41. The monoisotopic (exact) mass is 289 g/mol. The van der Waals surface area contributed by atoms with Crippen LogP contribution in [0.25, 0.3) is 0 Å². The Balaban J connectivity index is 1.97. The Morgan fingerprint density at radius 1 is 1.10 bits per heavy atom. The molecule has 1 atom stereocenters. The van der Waals surface area contributed by atoms with Crippen LogP contribution < -0.4 is 0 Å². The molecule has 1 aromatic carbocycles. The van der Waals surface area contributed by atoms with Crippen molar-refractivity contribution < 1.29 is 13.2 Å². The summed E-state index contributed by atoms with van der Waals surface area (Å²) in [6, 6.07) is 8.49. The minimum Gasteiger partial charge on any atom is -0.364 e. The average Bonchev–Trinajstić information content (AvgIpc) is 2.88. The van der Waals surface area contributed by atoms with Crippen LogP contribution in [0.4, 0.5) is 0 Å². The first-order chi connectivity index (χ1) is 9.48. The number of aryl methyl sites for hydroxylation is 1. The molecule has 0 fully saturated rings. The highest BCUT2D eigenvalue weighted by Crippen LogP contribution is 2.28. The number of hydrogen-bond acceptors (Lipinski definition) is 3. The number of benzene rings is 1. The minimum absolute atomic E-state index is 0.0566. The fraction of sp³-hybridized carbons (Fsp3) is 0.267. The number of fused-ring (bicyclic) bond motifs is 1. The molecule has 20 heavy (non-hydrogen) atoms. The van der Waals surface area contributed by atoms with Crippen LogP contribution in [0.2, 0.25) is 0 Å². The third kappa shape index (κ3) is 2.08. The van der Waals surface area contributed by atoms with E-state index in [1.54, 1.807) is 36.5 Å². The number of ketones is 1. The van der Waals surface area contributed by atoms with Gasteiger partial charge in [-0.1, -0.05) is 17.7 Å². The number of H-pyrrole nitrogens is 1. The molecule has 0 aliphatic heterocycles. The van der Waals surface area contributed by atoms with Crippen LogP contribution in [0.15, 0.2) is 41.4 Å². The lowest BCUT2D eigenvalue weighted by molar-refractivity contribution is 0.0973. The third-order valence-electron chi connectivity index (χ3n) is 3.77. The van der Waals surface area contributed by atoms with E-state index in [0.717, 1.165) is 11.3 Å². The van der Waals surface area contributed by atoms with E-state index in [9.17, 15) is 13.2 Å². The standard InChI is InChI=1S/C15H15NO3S/c1-10-2-4-11(5-3-10)20(18,19)12-8-14-13(6-7-16-14)15(17)9-12/h2-7,12,16H,8-9H2,1H3. The predicted octanol–water partition coefficient (Wildman–Crippen LogP) is 2.29. The molecule has 1 aliphatic carbocycles. The number of sulfone groups is 1. The molecule has 0 bridgehead atoms. The van der Waals surface area contributed by atoms with Crippen molar-refractivity contribution in [1.82, 2.24) is 4.98 Å². The molecule has 0 saturated carbocycles. The van der Waals surface area contributed by atoms with Crippen molar-refractivity contribution in [2.75, 3.05) is 0 Å². The average molecular weight is 289 g/mol. The fourth-order valence-electron chi connectivity index (χ4n) is 2.59. The predicted molar refractivity (Wildman–Crippen MR) is 75.6 cm³/mol. The number of Topliss-reactive ketones (excluding diaryl/α,β-unsaturated/α-hetero) is 1. The van der Waals surface area contributed by atoms with Gasteiger partial charge in [-0.15, -0.1) is 0 Å². The second kappa shape index (κ2) is 4.59. The van der Waals surface area contributed by atoms with Gasteiger partial charge < -0.3 is 4.98 Å². The topological polar surface area (TPSA) is 67.0 Å². The van der Waals surface area contributed by atoms with Crippen LogP contribution >= 0.6 is 0 Å².